The Hall–Kier alpha value is 1.36. The van der Waals surface area contributed by atoms with Gasteiger partial charge >= 0.3 is 17.4 Å². The van der Waals surface area contributed by atoms with Gasteiger partial charge < -0.3 is 42.1 Å². The Balaban J connectivity index is -0.0000000300. The van der Waals surface area contributed by atoms with Crippen molar-refractivity contribution in [3.05, 3.63) is 0 Å². The predicted octanol–water partition coefficient (Wildman–Crippen LogP) is -8.02. The Morgan fingerprint density at radius 3 is 0.909 bits per heavy atom. The van der Waals surface area contributed by atoms with Gasteiger partial charge in [-0.05, 0) is 19.6 Å². The Morgan fingerprint density at radius 1 is 0.727 bits per heavy atom. The smallest absolute Gasteiger partial charge is 1.00 e. The van der Waals surface area contributed by atoms with Crippen LogP contribution < -0.4 is 37.2 Å². The van der Waals surface area contributed by atoms with Crippen molar-refractivity contribution in [1.82, 2.24) is 4.90 Å². The second-order valence-corrected chi connectivity index (χ2v) is 1.62. The van der Waals surface area contributed by atoms with E-state index in [1.807, 2.05) is 0 Å². The summed E-state index contributed by atoms with van der Waals surface area (Å²) in [4.78, 5) is 2.38. The van der Waals surface area contributed by atoms with Crippen LogP contribution in [0.1, 0.15) is 20.8 Å². The van der Waals surface area contributed by atoms with E-state index in [9.17, 15) is 0 Å². The molecule has 5 heteroatoms. The van der Waals surface area contributed by atoms with Crippen LogP contribution in [0.5, 0.6) is 0 Å². The molecular weight excluding hydrogens is 219 g/mol. The van der Waals surface area contributed by atoms with Crippen LogP contribution in [0.2, 0.25) is 0 Å². The maximum absolute atomic E-state index is 2.38. The van der Waals surface area contributed by atoms with Crippen LogP contribution in [0.15, 0.2) is 0 Å². The summed E-state index contributed by atoms with van der Waals surface area (Å²) in [7, 11) is 0. The molecule has 0 aliphatic carbocycles. The Bertz CT molecular complexity index is 39.3. The molecule has 0 fully saturated rings. The summed E-state index contributed by atoms with van der Waals surface area (Å²) in [5.74, 6) is 0. The molecule has 0 aliphatic rings. The van der Waals surface area contributed by atoms with E-state index >= 15 is 0 Å². The molecule has 0 atom stereocenters. The molecule has 0 aliphatic heterocycles. The summed E-state index contributed by atoms with van der Waals surface area (Å²) in [5, 5.41) is 0. The Kier molecular flexibility index (Phi) is 60.3. The van der Waals surface area contributed by atoms with Gasteiger partial charge in [0.2, 0.25) is 0 Å². The minimum Gasteiger partial charge on any atom is -1.00 e. The second kappa shape index (κ2) is 22.5. The van der Waals surface area contributed by atoms with Crippen molar-refractivity contribution in [1.29, 1.82) is 0 Å². The summed E-state index contributed by atoms with van der Waals surface area (Å²) in [5.41, 5.74) is 0. The number of hydrogen-bond acceptors (Lipinski definition) is 1. The molecule has 11 heavy (non-hydrogen) atoms. The van der Waals surface area contributed by atoms with Gasteiger partial charge in [-0.2, -0.15) is 0 Å². The minimum absolute atomic E-state index is 0. The Morgan fingerprint density at radius 2 is 0.909 bits per heavy atom. The molecule has 0 N–H and O–H groups in total. The number of hydrogen-bond donors (Lipinski definition) is 0. The summed E-state index contributed by atoms with van der Waals surface area (Å²) in [6, 6.07) is 0. The van der Waals surface area contributed by atoms with E-state index in [2.05, 4.69) is 25.7 Å². The molecule has 68 valence electrons. The maximum Gasteiger partial charge on any atom is 3.00 e. The molecule has 0 saturated heterocycles. The maximum atomic E-state index is 2.38. The first kappa shape index (κ1) is 29.4. The largest absolute Gasteiger partial charge is 3.00 e. The summed E-state index contributed by atoms with van der Waals surface area (Å²) in [6.07, 6.45) is 0. The molecule has 0 spiro atoms. The van der Waals surface area contributed by atoms with Gasteiger partial charge in [0, 0.05) is 0 Å². The molecule has 0 aromatic heterocycles. The molecule has 0 amide bonds. The van der Waals surface area contributed by atoms with Crippen molar-refractivity contribution in [2.75, 3.05) is 19.6 Å². The molecule has 0 heterocycles. The van der Waals surface area contributed by atoms with Gasteiger partial charge in [-0.15, -0.1) is 0 Å². The minimum atomic E-state index is 0. The van der Waals surface area contributed by atoms with E-state index in [-0.39, 0.29) is 54.6 Å². The summed E-state index contributed by atoms with van der Waals surface area (Å²) in [6.45, 7) is 10.1. The van der Waals surface area contributed by atoms with E-state index in [1.54, 1.807) is 0 Å². The number of nitrogens with zero attached hydrogens (tertiary/aromatic N) is 1. The number of halogens is 3. The van der Waals surface area contributed by atoms with Gasteiger partial charge in [0.25, 0.3) is 0 Å². The van der Waals surface area contributed by atoms with Crippen LogP contribution in [0.4, 0.5) is 0 Å². The van der Waals surface area contributed by atoms with Crippen LogP contribution in [-0.4, -0.2) is 41.9 Å². The molecule has 0 aromatic rings. The molecular formula is C6H15AlCl3N. The van der Waals surface area contributed by atoms with E-state index < -0.39 is 0 Å². The zero-order valence-corrected chi connectivity index (χ0v) is 10.7. The monoisotopic (exact) mass is 233 g/mol. The first-order chi connectivity index (χ1) is 3.35. The molecule has 0 bridgehead atoms. The molecule has 0 unspecified atom stereocenters. The molecule has 0 radical (unpaired) electrons. The average Bonchev–Trinajstić information content (AvgIpc) is 1.72. The van der Waals surface area contributed by atoms with Gasteiger partial charge in [0.1, 0.15) is 0 Å². The normalized spacial score (nSPS) is 6.55. The van der Waals surface area contributed by atoms with Crippen molar-refractivity contribution in [3.63, 3.8) is 0 Å². The first-order valence-electron chi connectivity index (χ1n) is 3.07. The molecule has 0 rings (SSSR count). The quantitative estimate of drug-likeness (QED) is 0.439. The fourth-order valence-corrected chi connectivity index (χ4v) is 0.671. The molecule has 0 saturated carbocycles. The fraction of sp³-hybridized carbons (Fsp3) is 1.00. The first-order valence-corrected chi connectivity index (χ1v) is 3.07. The third-order valence-corrected chi connectivity index (χ3v) is 1.34. The van der Waals surface area contributed by atoms with Crippen LogP contribution in [0.25, 0.3) is 0 Å². The third-order valence-electron chi connectivity index (χ3n) is 1.34. The van der Waals surface area contributed by atoms with E-state index in [4.69, 9.17) is 0 Å². The third kappa shape index (κ3) is 18.4. The van der Waals surface area contributed by atoms with Crippen LogP contribution >= 0.6 is 0 Å². The van der Waals surface area contributed by atoms with Crippen LogP contribution in [0, 0.1) is 0 Å². The van der Waals surface area contributed by atoms with Gasteiger partial charge in [0.15, 0.2) is 0 Å². The van der Waals surface area contributed by atoms with Crippen molar-refractivity contribution < 1.29 is 37.2 Å². The van der Waals surface area contributed by atoms with E-state index in [1.165, 1.54) is 19.6 Å². The van der Waals surface area contributed by atoms with E-state index in [0.717, 1.165) is 0 Å². The van der Waals surface area contributed by atoms with Gasteiger partial charge in [-0.3, -0.25) is 0 Å². The van der Waals surface area contributed by atoms with Crippen LogP contribution in [0.3, 0.4) is 0 Å². The van der Waals surface area contributed by atoms with Crippen molar-refractivity contribution in [2.24, 2.45) is 0 Å². The summed E-state index contributed by atoms with van der Waals surface area (Å²) >= 11 is 0. The van der Waals surface area contributed by atoms with Gasteiger partial charge in [0.05, 0.1) is 0 Å². The van der Waals surface area contributed by atoms with Crippen molar-refractivity contribution in [3.8, 4) is 0 Å². The SMILES string of the molecule is CCN(CC)CC.[Al+3].[Cl-].[Cl-].[Cl-]. The second-order valence-electron chi connectivity index (χ2n) is 1.62. The van der Waals surface area contributed by atoms with Crippen LogP contribution in [-0.2, 0) is 0 Å². The molecule has 1 nitrogen and oxygen atoms in total. The zero-order chi connectivity index (χ0) is 5.70. The van der Waals surface area contributed by atoms with E-state index in [0.29, 0.717) is 0 Å². The van der Waals surface area contributed by atoms with Gasteiger partial charge in [-0.25, -0.2) is 0 Å². The molecule has 0 aromatic carbocycles. The topological polar surface area (TPSA) is 3.24 Å². The van der Waals surface area contributed by atoms with Crippen molar-refractivity contribution in [2.45, 2.75) is 20.8 Å². The van der Waals surface area contributed by atoms with Crippen molar-refractivity contribution >= 4 is 17.4 Å². The number of rotatable bonds is 3. The standard InChI is InChI=1S/C6H15N.Al.3ClH/c1-4-7(5-2)6-3;;;;/h4-6H2,1-3H3;;3*1H/q;+3;;;/p-3. The average molecular weight is 235 g/mol. The van der Waals surface area contributed by atoms with Gasteiger partial charge in [-0.1, -0.05) is 20.8 Å². The Labute approximate surface area is 99.7 Å². The summed E-state index contributed by atoms with van der Waals surface area (Å²) < 4.78 is 0. The fourth-order valence-electron chi connectivity index (χ4n) is 0.671. The zero-order valence-electron chi connectivity index (χ0n) is 7.28. The predicted molar refractivity (Wildman–Crippen MR) is 39.2 cm³/mol.